The second-order valence-electron chi connectivity index (χ2n) is 6.77. The average Bonchev–Trinajstić information content (AvgIpc) is 3.41. The first kappa shape index (κ1) is 18.9. The number of carbonyl (C=O) groups excluding carboxylic acids is 1. The van der Waals surface area contributed by atoms with E-state index in [4.69, 9.17) is 5.11 Å². The van der Waals surface area contributed by atoms with E-state index in [9.17, 15) is 18.0 Å². The van der Waals surface area contributed by atoms with Crippen molar-refractivity contribution < 1.29 is 23.1 Å². The molecular formula is C19H20N2O5S. The topological polar surface area (TPSA) is 113 Å². The Balaban J connectivity index is 1.74. The zero-order valence-electron chi connectivity index (χ0n) is 14.7. The van der Waals surface area contributed by atoms with Gasteiger partial charge >= 0.3 is 5.97 Å². The number of carbonyl (C=O) groups is 2. The van der Waals surface area contributed by atoms with Crippen LogP contribution in [-0.2, 0) is 14.8 Å². The van der Waals surface area contributed by atoms with E-state index in [0.717, 1.165) is 5.56 Å². The minimum absolute atomic E-state index is 0.0275. The first-order chi connectivity index (χ1) is 12.7. The molecule has 0 radical (unpaired) electrons. The lowest BCUT2D eigenvalue weighted by atomic mass is 10.1. The summed E-state index contributed by atoms with van der Waals surface area (Å²) >= 11 is 0. The summed E-state index contributed by atoms with van der Waals surface area (Å²) in [5.41, 5.74) is 0.618. The molecule has 1 aliphatic carbocycles. The molecule has 3 rings (SSSR count). The van der Waals surface area contributed by atoms with Gasteiger partial charge in [-0.25, -0.2) is 8.42 Å². The lowest BCUT2D eigenvalue weighted by molar-refractivity contribution is -0.143. The monoisotopic (exact) mass is 388 g/mol. The number of aryl methyl sites for hydroxylation is 1. The average molecular weight is 388 g/mol. The molecular weight excluding hydrogens is 368 g/mol. The van der Waals surface area contributed by atoms with Gasteiger partial charge in [0.15, 0.2) is 0 Å². The van der Waals surface area contributed by atoms with Crippen LogP contribution < -0.4 is 10.0 Å². The molecule has 1 saturated carbocycles. The summed E-state index contributed by atoms with van der Waals surface area (Å²) in [5.74, 6) is -1.43. The van der Waals surface area contributed by atoms with Gasteiger partial charge in [-0.2, -0.15) is 0 Å². The molecule has 7 nitrogen and oxygen atoms in total. The van der Waals surface area contributed by atoms with E-state index in [-0.39, 0.29) is 17.0 Å². The second kappa shape index (κ2) is 7.03. The Morgan fingerprint density at radius 2 is 1.81 bits per heavy atom. The van der Waals surface area contributed by atoms with Crippen LogP contribution in [0.2, 0.25) is 0 Å². The zero-order chi connectivity index (χ0) is 19.7. The zero-order valence-corrected chi connectivity index (χ0v) is 15.5. The molecule has 0 bridgehead atoms. The number of hydrogen-bond acceptors (Lipinski definition) is 4. The van der Waals surface area contributed by atoms with Gasteiger partial charge in [-0.1, -0.05) is 18.2 Å². The van der Waals surface area contributed by atoms with Crippen molar-refractivity contribution in [2.45, 2.75) is 24.7 Å². The minimum Gasteiger partial charge on any atom is -0.481 e. The molecule has 2 aromatic carbocycles. The molecule has 0 spiro atoms. The fraction of sp³-hybridized carbons (Fsp3) is 0.263. The van der Waals surface area contributed by atoms with Crippen LogP contribution >= 0.6 is 0 Å². The van der Waals surface area contributed by atoms with Gasteiger partial charge < -0.3 is 10.4 Å². The lowest BCUT2D eigenvalue weighted by Gasteiger charge is -2.12. The number of nitrogens with one attached hydrogen (secondary N) is 2. The Bertz CT molecular complexity index is 997. The molecule has 0 aromatic heterocycles. The highest BCUT2D eigenvalue weighted by Crippen LogP contribution is 2.45. The third-order valence-electron chi connectivity index (χ3n) is 4.57. The molecule has 1 fully saturated rings. The summed E-state index contributed by atoms with van der Waals surface area (Å²) in [6, 6.07) is 12.6. The summed E-state index contributed by atoms with van der Waals surface area (Å²) in [6.07, 6.45) is 1.05. The van der Waals surface area contributed by atoms with Crippen LogP contribution in [-0.4, -0.2) is 31.9 Å². The van der Waals surface area contributed by atoms with Crippen molar-refractivity contribution in [3.63, 3.8) is 0 Å². The Kier molecular flexibility index (Phi) is 4.93. The molecule has 0 heterocycles. The number of carboxylic acid groups (broad SMARTS) is 1. The lowest BCUT2D eigenvalue weighted by Crippen LogP contribution is -2.34. The Hall–Kier alpha value is -2.87. The molecule has 27 heavy (non-hydrogen) atoms. The normalized spacial score (nSPS) is 15.0. The maximum atomic E-state index is 12.6. The number of rotatable bonds is 7. The predicted octanol–water partition coefficient (Wildman–Crippen LogP) is 2.39. The van der Waals surface area contributed by atoms with Crippen LogP contribution in [0.25, 0.3) is 0 Å². The summed E-state index contributed by atoms with van der Waals surface area (Å²) in [6.45, 7) is 1.88. The standard InChI is InChI=1S/C19H20N2O5S/c1-13-4-2-6-15(10-13)21-27(25,26)16-7-3-5-14(11-16)17(22)20-12-19(8-9-19)18(23)24/h2-7,10-11,21H,8-9,12H2,1H3,(H,20,22)(H,23,24). The van der Waals surface area contributed by atoms with Crippen molar-refractivity contribution in [2.24, 2.45) is 5.41 Å². The molecule has 0 unspecified atom stereocenters. The molecule has 0 atom stereocenters. The van der Waals surface area contributed by atoms with Crippen LogP contribution in [0.15, 0.2) is 53.4 Å². The largest absolute Gasteiger partial charge is 0.481 e. The van der Waals surface area contributed by atoms with Crippen molar-refractivity contribution in [2.75, 3.05) is 11.3 Å². The van der Waals surface area contributed by atoms with Gasteiger partial charge in [0.05, 0.1) is 10.3 Å². The Morgan fingerprint density at radius 1 is 1.11 bits per heavy atom. The summed E-state index contributed by atoms with van der Waals surface area (Å²) < 4.78 is 27.7. The van der Waals surface area contributed by atoms with Crippen LogP contribution in [0.4, 0.5) is 5.69 Å². The number of hydrogen-bond donors (Lipinski definition) is 3. The van der Waals surface area contributed by atoms with Crippen molar-refractivity contribution >= 4 is 27.6 Å². The fourth-order valence-corrected chi connectivity index (χ4v) is 3.79. The predicted molar refractivity (Wildman–Crippen MR) is 100 cm³/mol. The highest BCUT2D eigenvalue weighted by Gasteiger charge is 2.50. The maximum Gasteiger partial charge on any atom is 0.311 e. The van der Waals surface area contributed by atoms with Gasteiger partial charge in [0, 0.05) is 17.8 Å². The van der Waals surface area contributed by atoms with Gasteiger partial charge in [-0.05, 0) is 55.7 Å². The van der Waals surface area contributed by atoms with E-state index in [1.54, 1.807) is 18.2 Å². The molecule has 3 N–H and O–H groups in total. The first-order valence-electron chi connectivity index (χ1n) is 8.43. The van der Waals surface area contributed by atoms with Crippen LogP contribution in [0.1, 0.15) is 28.8 Å². The maximum absolute atomic E-state index is 12.6. The van der Waals surface area contributed by atoms with Gasteiger partial charge in [-0.15, -0.1) is 0 Å². The Morgan fingerprint density at radius 3 is 2.44 bits per heavy atom. The molecule has 8 heteroatoms. The van der Waals surface area contributed by atoms with E-state index in [0.29, 0.717) is 18.5 Å². The van der Waals surface area contributed by atoms with E-state index in [1.165, 1.54) is 24.3 Å². The van der Waals surface area contributed by atoms with Crippen LogP contribution in [0, 0.1) is 12.3 Å². The smallest absolute Gasteiger partial charge is 0.311 e. The summed E-state index contributed by atoms with van der Waals surface area (Å²) in [5, 5.41) is 11.7. The number of aliphatic carboxylic acids is 1. The minimum atomic E-state index is -3.85. The van der Waals surface area contributed by atoms with Gasteiger partial charge in [0.2, 0.25) is 0 Å². The van der Waals surface area contributed by atoms with Crippen LogP contribution in [0.5, 0.6) is 0 Å². The number of sulfonamides is 1. The number of anilines is 1. The summed E-state index contributed by atoms with van der Waals surface area (Å²) in [7, 11) is -3.85. The first-order valence-corrected chi connectivity index (χ1v) is 9.91. The number of amides is 1. The highest BCUT2D eigenvalue weighted by atomic mass is 32.2. The third kappa shape index (κ3) is 4.28. The van der Waals surface area contributed by atoms with Crippen molar-refractivity contribution in [3.8, 4) is 0 Å². The van der Waals surface area contributed by atoms with E-state index in [2.05, 4.69) is 10.0 Å². The van der Waals surface area contributed by atoms with Gasteiger partial charge in [0.25, 0.3) is 15.9 Å². The van der Waals surface area contributed by atoms with Gasteiger partial charge in [0.1, 0.15) is 0 Å². The second-order valence-corrected chi connectivity index (χ2v) is 8.45. The third-order valence-corrected chi connectivity index (χ3v) is 5.95. The molecule has 0 aliphatic heterocycles. The molecule has 0 saturated heterocycles. The fourth-order valence-electron chi connectivity index (χ4n) is 2.70. The molecule has 2 aromatic rings. The van der Waals surface area contributed by atoms with E-state index >= 15 is 0 Å². The molecule has 1 aliphatic rings. The van der Waals surface area contributed by atoms with E-state index in [1.807, 2.05) is 13.0 Å². The number of carboxylic acids is 1. The summed E-state index contributed by atoms with van der Waals surface area (Å²) in [4.78, 5) is 23.4. The van der Waals surface area contributed by atoms with Crippen molar-refractivity contribution in [1.82, 2.24) is 5.32 Å². The van der Waals surface area contributed by atoms with Crippen molar-refractivity contribution in [1.29, 1.82) is 0 Å². The Labute approximate surface area is 157 Å². The van der Waals surface area contributed by atoms with Crippen LogP contribution in [0.3, 0.4) is 0 Å². The van der Waals surface area contributed by atoms with Crippen molar-refractivity contribution in [3.05, 3.63) is 59.7 Å². The highest BCUT2D eigenvalue weighted by molar-refractivity contribution is 7.92. The molecule has 1 amide bonds. The van der Waals surface area contributed by atoms with E-state index < -0.39 is 27.3 Å². The quantitative estimate of drug-likeness (QED) is 0.674. The van der Waals surface area contributed by atoms with Gasteiger partial charge in [-0.3, -0.25) is 14.3 Å². The molecule has 142 valence electrons. The number of benzene rings is 2. The SMILES string of the molecule is Cc1cccc(NS(=O)(=O)c2cccc(C(=O)NCC3(C(=O)O)CC3)c2)c1.